The molecule has 7 heteroatoms. The van der Waals surface area contributed by atoms with Gasteiger partial charge in [-0.3, -0.25) is 0 Å². The number of rotatable bonds is 7. The van der Waals surface area contributed by atoms with E-state index < -0.39 is 5.97 Å². The summed E-state index contributed by atoms with van der Waals surface area (Å²) in [7, 11) is 0. The second-order valence-corrected chi connectivity index (χ2v) is 5.53. The minimum Gasteiger partial charge on any atom is -0.506 e. The first-order chi connectivity index (χ1) is 13.2. The standard InChI is InChI=1S/C20H19N3O4/c1-2-26-20(25)17(19(24)15-7-4-3-5-8-15)13-21-18-10-11-22-23(18)14-16-9-6-12-27-16/h3-13,24H,2,14H2,1H3. The summed E-state index contributed by atoms with van der Waals surface area (Å²) in [4.78, 5) is 16.6. The van der Waals surface area contributed by atoms with Gasteiger partial charge in [0.25, 0.3) is 0 Å². The Bertz CT molecular complexity index is 941. The molecule has 3 aromatic rings. The lowest BCUT2D eigenvalue weighted by Gasteiger charge is -2.07. The van der Waals surface area contributed by atoms with Crippen LogP contribution in [0.3, 0.4) is 0 Å². The molecule has 1 N–H and O–H groups in total. The Kier molecular flexibility index (Phi) is 5.84. The maximum Gasteiger partial charge on any atom is 0.343 e. The van der Waals surface area contributed by atoms with Gasteiger partial charge >= 0.3 is 5.97 Å². The minimum atomic E-state index is -0.653. The van der Waals surface area contributed by atoms with Gasteiger partial charge in [0.15, 0.2) is 5.82 Å². The number of hydrogen-bond donors (Lipinski definition) is 1. The SMILES string of the molecule is CCOC(=O)C(C=Nc1ccnn1Cc1ccco1)=C(O)c1ccccc1. The number of carbonyl (C=O) groups is 1. The molecule has 0 unspecified atom stereocenters. The summed E-state index contributed by atoms with van der Waals surface area (Å²) < 4.78 is 12.0. The molecule has 0 amide bonds. The van der Waals surface area contributed by atoms with Gasteiger partial charge in [-0.1, -0.05) is 30.3 Å². The second kappa shape index (κ2) is 8.66. The van der Waals surface area contributed by atoms with E-state index in [-0.39, 0.29) is 17.9 Å². The third-order valence-electron chi connectivity index (χ3n) is 3.70. The first kappa shape index (κ1) is 18.2. The summed E-state index contributed by atoms with van der Waals surface area (Å²) in [6.45, 7) is 2.29. The monoisotopic (exact) mass is 365 g/mol. The van der Waals surface area contributed by atoms with Crippen molar-refractivity contribution in [3.05, 3.63) is 77.9 Å². The predicted octanol–water partition coefficient (Wildman–Crippen LogP) is 3.76. The summed E-state index contributed by atoms with van der Waals surface area (Å²) in [5.41, 5.74) is 0.463. The first-order valence-corrected chi connectivity index (χ1v) is 8.43. The van der Waals surface area contributed by atoms with Crippen molar-refractivity contribution in [1.82, 2.24) is 9.78 Å². The average molecular weight is 365 g/mol. The fourth-order valence-electron chi connectivity index (χ4n) is 2.41. The Morgan fingerprint density at radius 2 is 2.07 bits per heavy atom. The van der Waals surface area contributed by atoms with Crippen LogP contribution in [-0.2, 0) is 16.1 Å². The number of benzene rings is 1. The minimum absolute atomic E-state index is 0.0335. The van der Waals surface area contributed by atoms with E-state index in [2.05, 4.69) is 10.1 Å². The lowest BCUT2D eigenvalue weighted by molar-refractivity contribution is -0.137. The molecule has 0 saturated heterocycles. The smallest absolute Gasteiger partial charge is 0.343 e. The number of carbonyl (C=O) groups excluding carboxylic acids is 1. The van der Waals surface area contributed by atoms with Crippen LogP contribution >= 0.6 is 0 Å². The van der Waals surface area contributed by atoms with Gasteiger partial charge in [-0.05, 0) is 19.1 Å². The summed E-state index contributed by atoms with van der Waals surface area (Å²) >= 11 is 0. The highest BCUT2D eigenvalue weighted by Gasteiger charge is 2.16. The number of ether oxygens (including phenoxy) is 1. The van der Waals surface area contributed by atoms with Gasteiger partial charge in [0.1, 0.15) is 23.6 Å². The maximum atomic E-state index is 12.3. The van der Waals surface area contributed by atoms with Gasteiger partial charge in [-0.25, -0.2) is 14.5 Å². The molecule has 2 heterocycles. The maximum absolute atomic E-state index is 12.3. The van der Waals surface area contributed by atoms with Crippen LogP contribution in [0.4, 0.5) is 5.82 Å². The van der Waals surface area contributed by atoms with Crippen molar-refractivity contribution < 1.29 is 19.1 Å². The van der Waals surface area contributed by atoms with E-state index in [0.29, 0.717) is 17.9 Å². The molecule has 0 spiro atoms. The molecule has 27 heavy (non-hydrogen) atoms. The highest BCUT2D eigenvalue weighted by molar-refractivity contribution is 6.15. The van der Waals surface area contributed by atoms with E-state index in [1.807, 2.05) is 12.1 Å². The number of aliphatic hydroxyl groups excluding tert-OH is 1. The average Bonchev–Trinajstić information content (AvgIpc) is 3.35. The van der Waals surface area contributed by atoms with E-state index >= 15 is 0 Å². The van der Waals surface area contributed by atoms with Gasteiger partial charge in [0, 0.05) is 17.8 Å². The van der Waals surface area contributed by atoms with Crippen LogP contribution < -0.4 is 0 Å². The molecule has 0 aliphatic heterocycles. The number of hydrogen-bond acceptors (Lipinski definition) is 6. The van der Waals surface area contributed by atoms with Crippen molar-refractivity contribution in [2.45, 2.75) is 13.5 Å². The van der Waals surface area contributed by atoms with E-state index in [1.165, 1.54) is 6.21 Å². The molecule has 3 rings (SSSR count). The van der Waals surface area contributed by atoms with E-state index in [9.17, 15) is 9.90 Å². The summed E-state index contributed by atoms with van der Waals surface area (Å²) in [6, 6.07) is 14.1. The van der Waals surface area contributed by atoms with Crippen molar-refractivity contribution in [1.29, 1.82) is 0 Å². The molecule has 7 nitrogen and oxygen atoms in total. The van der Waals surface area contributed by atoms with Crippen LogP contribution in [0.15, 0.2) is 76.0 Å². The Hall–Kier alpha value is -3.61. The topological polar surface area (TPSA) is 89.9 Å². The zero-order valence-corrected chi connectivity index (χ0v) is 14.8. The largest absolute Gasteiger partial charge is 0.506 e. The number of nitrogens with zero attached hydrogens (tertiary/aromatic N) is 3. The van der Waals surface area contributed by atoms with Gasteiger partial charge in [-0.2, -0.15) is 5.10 Å². The van der Waals surface area contributed by atoms with E-state index in [4.69, 9.17) is 9.15 Å². The Labute approximate surface area is 156 Å². The van der Waals surface area contributed by atoms with Crippen molar-refractivity contribution in [2.24, 2.45) is 4.99 Å². The van der Waals surface area contributed by atoms with E-state index in [0.717, 1.165) is 5.76 Å². The Morgan fingerprint density at radius 1 is 1.26 bits per heavy atom. The van der Waals surface area contributed by atoms with Crippen LogP contribution in [0, 0.1) is 0 Å². The number of esters is 1. The fourth-order valence-corrected chi connectivity index (χ4v) is 2.41. The molecule has 0 bridgehead atoms. The van der Waals surface area contributed by atoms with Gasteiger partial charge in [-0.15, -0.1) is 0 Å². The van der Waals surface area contributed by atoms with Crippen molar-refractivity contribution >= 4 is 23.8 Å². The van der Waals surface area contributed by atoms with Gasteiger partial charge in [0.05, 0.1) is 19.1 Å². The molecular weight excluding hydrogens is 346 g/mol. The first-order valence-electron chi connectivity index (χ1n) is 8.43. The molecule has 0 saturated carbocycles. The molecule has 2 aromatic heterocycles. The Morgan fingerprint density at radius 3 is 2.78 bits per heavy atom. The second-order valence-electron chi connectivity index (χ2n) is 5.53. The zero-order valence-electron chi connectivity index (χ0n) is 14.8. The van der Waals surface area contributed by atoms with Crippen LogP contribution in [0.2, 0.25) is 0 Å². The fraction of sp³-hybridized carbons (Fsp3) is 0.150. The normalized spacial score (nSPS) is 12.2. The van der Waals surface area contributed by atoms with E-state index in [1.54, 1.807) is 60.5 Å². The molecular formula is C20H19N3O4. The third-order valence-corrected chi connectivity index (χ3v) is 3.70. The molecule has 0 radical (unpaired) electrons. The van der Waals surface area contributed by atoms with Gasteiger partial charge < -0.3 is 14.3 Å². The Balaban J connectivity index is 1.91. The number of aromatic nitrogens is 2. The summed E-state index contributed by atoms with van der Waals surface area (Å²) in [6.07, 6.45) is 4.47. The molecule has 0 fully saturated rings. The molecule has 138 valence electrons. The highest BCUT2D eigenvalue weighted by atomic mass is 16.5. The summed E-state index contributed by atoms with van der Waals surface area (Å²) in [5, 5.41) is 14.7. The van der Waals surface area contributed by atoms with Crippen LogP contribution in [0.25, 0.3) is 5.76 Å². The number of aliphatic imine (C=N–C) groups is 1. The molecule has 1 aromatic carbocycles. The molecule has 0 aliphatic carbocycles. The molecule has 0 atom stereocenters. The summed E-state index contributed by atoms with van der Waals surface area (Å²) in [5.74, 6) is 0.382. The number of aliphatic hydroxyl groups is 1. The third kappa shape index (κ3) is 4.52. The van der Waals surface area contributed by atoms with Gasteiger partial charge in [0.2, 0.25) is 0 Å². The number of furan rings is 1. The molecule has 0 aliphatic rings. The van der Waals surface area contributed by atoms with Crippen molar-refractivity contribution in [3.8, 4) is 0 Å². The van der Waals surface area contributed by atoms with Crippen molar-refractivity contribution in [2.75, 3.05) is 6.61 Å². The quantitative estimate of drug-likeness (QED) is 0.298. The highest BCUT2D eigenvalue weighted by Crippen LogP contribution is 2.18. The lowest BCUT2D eigenvalue weighted by Crippen LogP contribution is -2.11. The predicted molar refractivity (Wildman–Crippen MR) is 101 cm³/mol. The van der Waals surface area contributed by atoms with Crippen LogP contribution in [-0.4, -0.2) is 33.7 Å². The van der Waals surface area contributed by atoms with Crippen LogP contribution in [0.1, 0.15) is 18.2 Å². The van der Waals surface area contributed by atoms with Crippen molar-refractivity contribution in [3.63, 3.8) is 0 Å². The zero-order chi connectivity index (χ0) is 19.1. The lowest BCUT2D eigenvalue weighted by atomic mass is 10.1. The van der Waals surface area contributed by atoms with Crippen LogP contribution in [0.5, 0.6) is 0 Å².